The summed E-state index contributed by atoms with van der Waals surface area (Å²) < 4.78 is 45.1. The maximum atomic E-state index is 14.0. The molecule has 1 N–H and O–H groups in total. The number of esters is 1. The summed E-state index contributed by atoms with van der Waals surface area (Å²) in [5.74, 6) is -2.64. The summed E-state index contributed by atoms with van der Waals surface area (Å²) >= 11 is 0. The average Bonchev–Trinajstić information content (AvgIpc) is 2.60. The fraction of sp³-hybridized carbons (Fsp3) is 0.412. The highest BCUT2D eigenvalue weighted by atomic mass is 32.2. The number of hydrogen-bond donors (Lipinski definition) is 1. The summed E-state index contributed by atoms with van der Waals surface area (Å²) in [7, 11) is -3.86. The quantitative estimate of drug-likeness (QED) is 0.515. The van der Waals surface area contributed by atoms with E-state index in [-0.39, 0.29) is 24.5 Å². The van der Waals surface area contributed by atoms with E-state index in [1.165, 1.54) is 17.3 Å². The van der Waals surface area contributed by atoms with Gasteiger partial charge in [-0.05, 0) is 25.1 Å². The highest BCUT2D eigenvalue weighted by molar-refractivity contribution is 7.89. The molecule has 0 aromatic heterocycles. The first-order chi connectivity index (χ1) is 12.2. The number of amides is 1. The Morgan fingerprint density at radius 3 is 2.50 bits per heavy atom. The van der Waals surface area contributed by atoms with Gasteiger partial charge in [-0.15, -0.1) is 6.58 Å². The Kier molecular flexibility index (Phi) is 7.91. The molecule has 7 nitrogen and oxygen atoms in total. The van der Waals surface area contributed by atoms with Crippen LogP contribution in [0.15, 0.2) is 35.7 Å². The van der Waals surface area contributed by atoms with Gasteiger partial charge in [0.25, 0.3) is 5.91 Å². The van der Waals surface area contributed by atoms with Crippen LogP contribution in [0.3, 0.4) is 0 Å². The number of rotatable bonds is 9. The maximum Gasteiger partial charge on any atom is 0.341 e. The minimum absolute atomic E-state index is 0.187. The van der Waals surface area contributed by atoms with Gasteiger partial charge in [0.2, 0.25) is 10.0 Å². The molecule has 1 aromatic carbocycles. The van der Waals surface area contributed by atoms with Gasteiger partial charge in [-0.2, -0.15) is 4.31 Å². The predicted octanol–water partition coefficient (Wildman–Crippen LogP) is 1.70. The number of nitrogens with one attached hydrogen (secondary N) is 1. The van der Waals surface area contributed by atoms with Crippen molar-refractivity contribution in [2.24, 2.45) is 0 Å². The molecule has 9 heteroatoms. The minimum atomic E-state index is -3.86. The molecular weight excluding hydrogens is 363 g/mol. The lowest BCUT2D eigenvalue weighted by molar-refractivity contribution is -0.128. The Balaban J connectivity index is 3.08. The van der Waals surface area contributed by atoms with E-state index >= 15 is 0 Å². The van der Waals surface area contributed by atoms with Crippen LogP contribution in [0.1, 0.15) is 31.1 Å². The molecule has 144 valence electrons. The van der Waals surface area contributed by atoms with Gasteiger partial charge in [-0.1, -0.05) is 19.9 Å². The Labute approximate surface area is 152 Å². The Morgan fingerprint density at radius 1 is 1.35 bits per heavy atom. The molecule has 1 amide bonds. The van der Waals surface area contributed by atoms with Crippen molar-refractivity contribution in [1.29, 1.82) is 0 Å². The van der Waals surface area contributed by atoms with E-state index in [0.29, 0.717) is 0 Å². The molecule has 1 atom stereocenters. The van der Waals surface area contributed by atoms with E-state index in [2.05, 4.69) is 11.9 Å². The number of carbonyl (C=O) groups excluding carboxylic acids is 2. The molecule has 0 bridgehead atoms. The molecule has 0 aliphatic carbocycles. The summed E-state index contributed by atoms with van der Waals surface area (Å²) in [5, 5.41) is 2.44. The van der Waals surface area contributed by atoms with Gasteiger partial charge in [0.15, 0.2) is 6.10 Å². The molecule has 0 spiro atoms. The molecule has 0 saturated carbocycles. The van der Waals surface area contributed by atoms with Crippen molar-refractivity contribution in [1.82, 2.24) is 9.62 Å². The lowest BCUT2D eigenvalue weighted by Crippen LogP contribution is -2.36. The summed E-state index contributed by atoms with van der Waals surface area (Å²) in [5.41, 5.74) is -0.554. The van der Waals surface area contributed by atoms with Crippen LogP contribution in [0.5, 0.6) is 0 Å². The van der Waals surface area contributed by atoms with Crippen molar-refractivity contribution in [3.63, 3.8) is 0 Å². The van der Waals surface area contributed by atoms with Crippen LogP contribution in [-0.2, 0) is 19.6 Å². The zero-order chi connectivity index (χ0) is 19.9. The number of carbonyl (C=O) groups is 2. The van der Waals surface area contributed by atoms with Crippen LogP contribution in [0.4, 0.5) is 4.39 Å². The SMILES string of the molecule is C=CCNC(=O)C(C)OC(=O)c1cc(S(=O)(=O)N(CC)CC)ccc1F. The summed E-state index contributed by atoms with van der Waals surface area (Å²) in [4.78, 5) is 23.7. The second kappa shape index (κ2) is 9.44. The highest BCUT2D eigenvalue weighted by Gasteiger charge is 2.26. The van der Waals surface area contributed by atoms with Gasteiger partial charge >= 0.3 is 5.97 Å². The van der Waals surface area contributed by atoms with Crippen molar-refractivity contribution in [2.75, 3.05) is 19.6 Å². The lowest BCUT2D eigenvalue weighted by atomic mass is 10.2. The van der Waals surface area contributed by atoms with Crippen LogP contribution in [0.25, 0.3) is 0 Å². The molecule has 0 aliphatic rings. The van der Waals surface area contributed by atoms with Gasteiger partial charge in [-0.3, -0.25) is 4.79 Å². The zero-order valence-electron chi connectivity index (χ0n) is 15.0. The van der Waals surface area contributed by atoms with Gasteiger partial charge in [0.05, 0.1) is 10.5 Å². The molecule has 0 heterocycles. The Morgan fingerprint density at radius 2 is 1.96 bits per heavy atom. The van der Waals surface area contributed by atoms with Gasteiger partial charge < -0.3 is 10.1 Å². The molecule has 1 rings (SSSR count). The van der Waals surface area contributed by atoms with E-state index in [4.69, 9.17) is 4.74 Å². The third-order valence-corrected chi connectivity index (χ3v) is 5.62. The maximum absolute atomic E-state index is 14.0. The molecule has 1 aromatic rings. The van der Waals surface area contributed by atoms with Crippen LogP contribution in [0, 0.1) is 5.82 Å². The van der Waals surface area contributed by atoms with Crippen molar-refractivity contribution in [2.45, 2.75) is 31.8 Å². The standard InChI is InChI=1S/C17H23FN2O5S/c1-5-10-19-16(21)12(4)25-17(22)14-11-13(8-9-15(14)18)26(23,24)20(6-2)7-3/h5,8-9,11-12H,1,6-7,10H2,2-4H3,(H,19,21). The third kappa shape index (κ3) is 5.12. The van der Waals surface area contributed by atoms with E-state index in [0.717, 1.165) is 18.2 Å². The first kappa shape index (κ1) is 21.8. The predicted molar refractivity (Wildman–Crippen MR) is 94.6 cm³/mol. The largest absolute Gasteiger partial charge is 0.449 e. The number of benzene rings is 1. The van der Waals surface area contributed by atoms with Crippen molar-refractivity contribution in [3.8, 4) is 0 Å². The van der Waals surface area contributed by atoms with Crippen molar-refractivity contribution < 1.29 is 27.1 Å². The fourth-order valence-corrected chi connectivity index (χ4v) is 3.61. The van der Waals surface area contributed by atoms with E-state index in [1.807, 2.05) is 0 Å². The third-order valence-electron chi connectivity index (χ3n) is 3.57. The Hall–Kier alpha value is -2.26. The van der Waals surface area contributed by atoms with Crippen LogP contribution in [0.2, 0.25) is 0 Å². The summed E-state index contributed by atoms with van der Waals surface area (Å²) in [6.45, 7) is 8.76. The van der Waals surface area contributed by atoms with Gasteiger partial charge in [-0.25, -0.2) is 17.6 Å². The molecular formula is C17H23FN2O5S. The second-order valence-corrected chi connectivity index (χ2v) is 7.25. The fourth-order valence-electron chi connectivity index (χ4n) is 2.13. The molecule has 0 saturated heterocycles. The first-order valence-corrected chi connectivity index (χ1v) is 9.52. The van der Waals surface area contributed by atoms with Crippen molar-refractivity contribution >= 4 is 21.9 Å². The molecule has 0 aliphatic heterocycles. The highest BCUT2D eigenvalue weighted by Crippen LogP contribution is 2.20. The second-order valence-electron chi connectivity index (χ2n) is 5.31. The van der Waals surface area contributed by atoms with E-state index < -0.39 is 39.4 Å². The number of hydrogen-bond acceptors (Lipinski definition) is 5. The normalized spacial score (nSPS) is 12.5. The summed E-state index contributed by atoms with van der Waals surface area (Å²) in [6.07, 6.45) is 0.276. The molecule has 1 unspecified atom stereocenters. The van der Waals surface area contributed by atoms with Crippen LogP contribution >= 0.6 is 0 Å². The average molecular weight is 386 g/mol. The topological polar surface area (TPSA) is 92.8 Å². The van der Waals surface area contributed by atoms with Crippen LogP contribution < -0.4 is 5.32 Å². The van der Waals surface area contributed by atoms with Crippen LogP contribution in [-0.4, -0.2) is 50.3 Å². The minimum Gasteiger partial charge on any atom is -0.449 e. The Bertz CT molecular complexity index is 775. The molecule has 26 heavy (non-hydrogen) atoms. The first-order valence-electron chi connectivity index (χ1n) is 8.08. The smallest absolute Gasteiger partial charge is 0.341 e. The molecule has 0 radical (unpaired) electrons. The molecule has 0 fully saturated rings. The number of halogens is 1. The number of sulfonamides is 1. The zero-order valence-corrected chi connectivity index (χ0v) is 15.8. The van der Waals surface area contributed by atoms with Crippen molar-refractivity contribution in [3.05, 3.63) is 42.2 Å². The summed E-state index contributed by atoms with van der Waals surface area (Å²) in [6, 6.07) is 2.88. The monoisotopic (exact) mass is 386 g/mol. The lowest BCUT2D eigenvalue weighted by Gasteiger charge is -2.19. The number of ether oxygens (including phenoxy) is 1. The van der Waals surface area contributed by atoms with Gasteiger partial charge in [0.1, 0.15) is 5.82 Å². The number of nitrogens with zero attached hydrogens (tertiary/aromatic N) is 1. The van der Waals surface area contributed by atoms with Gasteiger partial charge in [0, 0.05) is 19.6 Å². The van der Waals surface area contributed by atoms with E-state index in [9.17, 15) is 22.4 Å². The van der Waals surface area contributed by atoms with E-state index in [1.54, 1.807) is 13.8 Å².